The normalized spacial score (nSPS) is 14.0. The predicted molar refractivity (Wildman–Crippen MR) is 104 cm³/mol. The van der Waals surface area contributed by atoms with Gasteiger partial charge in [0.25, 0.3) is 11.6 Å². The molecule has 29 heavy (non-hydrogen) atoms. The fourth-order valence-corrected chi connectivity index (χ4v) is 3.09. The van der Waals surface area contributed by atoms with Crippen LogP contribution < -0.4 is 15.8 Å². The Kier molecular flexibility index (Phi) is 6.12. The fraction of sp³-hybridized carbons (Fsp3) is 0.353. The molecule has 0 unspecified atom stereocenters. The number of aromatic nitrogens is 2. The Hall–Kier alpha value is -3.83. The first-order chi connectivity index (χ1) is 14.0. The van der Waals surface area contributed by atoms with Gasteiger partial charge in [0.2, 0.25) is 11.6 Å². The lowest BCUT2D eigenvalue weighted by molar-refractivity contribution is -0.384. The van der Waals surface area contributed by atoms with Crippen molar-refractivity contribution in [3.05, 3.63) is 56.4 Å². The van der Waals surface area contributed by atoms with E-state index in [1.54, 1.807) is 0 Å². The number of benzene rings is 1. The van der Waals surface area contributed by atoms with Crippen LogP contribution in [0.25, 0.3) is 0 Å². The van der Waals surface area contributed by atoms with Gasteiger partial charge in [-0.15, -0.1) is 0 Å². The van der Waals surface area contributed by atoms with E-state index in [-0.39, 0.29) is 28.6 Å². The van der Waals surface area contributed by atoms with Crippen molar-refractivity contribution in [3.63, 3.8) is 0 Å². The van der Waals surface area contributed by atoms with Crippen molar-refractivity contribution in [2.75, 3.05) is 23.4 Å². The third-order valence-corrected chi connectivity index (χ3v) is 4.50. The number of hydrogen-bond donors (Lipinski definition) is 2. The summed E-state index contributed by atoms with van der Waals surface area (Å²) in [5, 5.41) is 22.5. The summed E-state index contributed by atoms with van der Waals surface area (Å²) in [6.45, 7) is 1.30. The van der Waals surface area contributed by atoms with Gasteiger partial charge in [-0.25, -0.2) is 9.97 Å². The van der Waals surface area contributed by atoms with Crippen molar-refractivity contribution in [3.8, 4) is 0 Å². The molecule has 0 radical (unpaired) electrons. The number of rotatable bonds is 6. The van der Waals surface area contributed by atoms with E-state index in [2.05, 4.69) is 20.8 Å². The molecular weight excluding hydrogens is 382 g/mol. The maximum atomic E-state index is 12.3. The van der Waals surface area contributed by atoms with E-state index < -0.39 is 15.8 Å². The molecule has 12 nitrogen and oxygen atoms in total. The van der Waals surface area contributed by atoms with Crippen molar-refractivity contribution in [1.29, 1.82) is 0 Å². The number of carbonyl (C=O) groups excluding carboxylic acids is 1. The van der Waals surface area contributed by atoms with Crippen LogP contribution in [0.2, 0.25) is 0 Å². The molecule has 152 valence electrons. The summed E-state index contributed by atoms with van der Waals surface area (Å²) < 4.78 is 0. The molecule has 3 rings (SSSR count). The summed E-state index contributed by atoms with van der Waals surface area (Å²) in [6.07, 6.45) is 5.12. The Morgan fingerprint density at radius 2 is 1.76 bits per heavy atom. The van der Waals surface area contributed by atoms with E-state index in [4.69, 9.17) is 0 Å². The van der Waals surface area contributed by atoms with Crippen LogP contribution in [-0.4, -0.2) is 38.8 Å². The second kappa shape index (κ2) is 8.91. The molecule has 2 N–H and O–H groups in total. The van der Waals surface area contributed by atoms with Crippen LogP contribution in [0.5, 0.6) is 0 Å². The number of non-ortho nitro benzene ring substituents is 1. The molecule has 0 saturated carbocycles. The molecule has 1 amide bonds. The smallest absolute Gasteiger partial charge is 0.351 e. The van der Waals surface area contributed by atoms with Crippen LogP contribution in [0.4, 0.5) is 23.0 Å². The highest BCUT2D eigenvalue weighted by atomic mass is 16.6. The van der Waals surface area contributed by atoms with E-state index in [0.717, 1.165) is 31.7 Å². The van der Waals surface area contributed by atoms with Gasteiger partial charge in [0, 0.05) is 30.8 Å². The van der Waals surface area contributed by atoms with Crippen molar-refractivity contribution >= 4 is 28.9 Å². The van der Waals surface area contributed by atoms with Crippen LogP contribution in [0.3, 0.4) is 0 Å². The third kappa shape index (κ3) is 4.72. The number of anilines is 2. The molecule has 1 aliphatic rings. The Morgan fingerprint density at radius 3 is 2.41 bits per heavy atom. The van der Waals surface area contributed by atoms with Crippen LogP contribution in [0.15, 0.2) is 30.6 Å². The lowest BCUT2D eigenvalue weighted by Gasteiger charge is -2.21. The van der Waals surface area contributed by atoms with Gasteiger partial charge in [-0.1, -0.05) is 18.9 Å². The van der Waals surface area contributed by atoms with Gasteiger partial charge in [-0.05, 0) is 18.9 Å². The molecule has 1 fully saturated rings. The molecule has 0 aliphatic carbocycles. The van der Waals surface area contributed by atoms with Gasteiger partial charge in [0.15, 0.2) is 0 Å². The van der Waals surface area contributed by atoms with Crippen molar-refractivity contribution in [1.82, 2.24) is 15.4 Å². The second-order valence-electron chi connectivity index (χ2n) is 6.44. The summed E-state index contributed by atoms with van der Waals surface area (Å²) in [7, 11) is 0. The highest BCUT2D eigenvalue weighted by Gasteiger charge is 2.28. The number of carbonyl (C=O) groups is 1. The van der Waals surface area contributed by atoms with Crippen LogP contribution in [0.1, 0.15) is 36.0 Å². The highest BCUT2D eigenvalue weighted by molar-refractivity contribution is 5.95. The lowest BCUT2D eigenvalue weighted by Crippen LogP contribution is -2.31. The minimum Gasteiger partial charge on any atom is -0.351 e. The van der Waals surface area contributed by atoms with Gasteiger partial charge < -0.3 is 4.90 Å². The van der Waals surface area contributed by atoms with E-state index in [1.165, 1.54) is 24.5 Å². The zero-order valence-electron chi connectivity index (χ0n) is 15.4. The van der Waals surface area contributed by atoms with Crippen molar-refractivity contribution < 1.29 is 14.6 Å². The minimum atomic E-state index is -0.696. The Labute approximate surface area is 165 Å². The summed E-state index contributed by atoms with van der Waals surface area (Å²) in [6, 6.07) is 5.12. The number of amides is 1. The molecule has 1 aromatic heterocycles. The monoisotopic (exact) mass is 401 g/mol. The van der Waals surface area contributed by atoms with Crippen LogP contribution in [-0.2, 0) is 0 Å². The molecule has 0 spiro atoms. The standard InChI is InChI=1S/C17H19N7O5/c25-17(12-6-5-7-13(10-12)23(26)27)21-20-15-14(24(28)29)16(19-11-18-15)22-8-3-1-2-4-9-22/h5-7,10-11H,1-4,8-9H2,(H,21,25)(H,18,19,20). The minimum absolute atomic E-state index is 0.0242. The molecule has 2 heterocycles. The average Bonchev–Trinajstić information content (AvgIpc) is 3.01. The fourth-order valence-electron chi connectivity index (χ4n) is 3.09. The first-order valence-corrected chi connectivity index (χ1v) is 9.02. The van der Waals surface area contributed by atoms with Gasteiger partial charge in [-0.3, -0.25) is 35.9 Å². The molecule has 12 heteroatoms. The number of nitrogens with zero attached hydrogens (tertiary/aromatic N) is 5. The number of hydrazine groups is 1. The summed E-state index contributed by atoms with van der Waals surface area (Å²) >= 11 is 0. The van der Waals surface area contributed by atoms with E-state index in [9.17, 15) is 25.0 Å². The van der Waals surface area contributed by atoms with E-state index >= 15 is 0 Å². The van der Waals surface area contributed by atoms with E-state index in [1.807, 2.05) is 4.90 Å². The molecule has 1 saturated heterocycles. The molecule has 1 aromatic carbocycles. The SMILES string of the molecule is O=C(NNc1ncnc(N2CCCCCC2)c1[N+](=O)[O-])c1cccc([N+](=O)[O-])c1. The Bertz CT molecular complexity index is 928. The largest absolute Gasteiger partial charge is 0.355 e. The predicted octanol–water partition coefficient (Wildman–Crippen LogP) is 2.43. The first-order valence-electron chi connectivity index (χ1n) is 9.02. The van der Waals surface area contributed by atoms with Crippen LogP contribution in [0, 0.1) is 20.2 Å². The van der Waals surface area contributed by atoms with Gasteiger partial charge in [0.05, 0.1) is 9.85 Å². The molecule has 0 bridgehead atoms. The highest BCUT2D eigenvalue weighted by Crippen LogP contribution is 2.32. The second-order valence-corrected chi connectivity index (χ2v) is 6.44. The summed E-state index contributed by atoms with van der Waals surface area (Å²) in [5.41, 5.74) is 4.19. The molecule has 2 aromatic rings. The van der Waals surface area contributed by atoms with Gasteiger partial charge in [0.1, 0.15) is 6.33 Å². The molecule has 1 aliphatic heterocycles. The number of nitro groups is 2. The molecular formula is C17H19N7O5. The maximum Gasteiger partial charge on any atom is 0.355 e. The molecule has 0 atom stereocenters. The number of hydrogen-bond acceptors (Lipinski definition) is 9. The first kappa shape index (κ1) is 19.9. The topological polar surface area (TPSA) is 156 Å². The Balaban J connectivity index is 1.81. The average molecular weight is 401 g/mol. The zero-order chi connectivity index (χ0) is 20.8. The quantitative estimate of drug-likeness (QED) is 0.548. The Morgan fingerprint density at radius 1 is 1.03 bits per heavy atom. The zero-order valence-corrected chi connectivity index (χ0v) is 15.4. The van der Waals surface area contributed by atoms with Crippen molar-refractivity contribution in [2.45, 2.75) is 25.7 Å². The third-order valence-electron chi connectivity index (χ3n) is 4.50. The maximum absolute atomic E-state index is 12.3. The van der Waals surface area contributed by atoms with Crippen LogP contribution >= 0.6 is 0 Å². The lowest BCUT2D eigenvalue weighted by atomic mass is 10.2. The van der Waals surface area contributed by atoms with E-state index in [0.29, 0.717) is 13.1 Å². The summed E-state index contributed by atoms with van der Waals surface area (Å²) in [4.78, 5) is 43.4. The number of nitro benzene ring substituents is 1. The van der Waals surface area contributed by atoms with Crippen molar-refractivity contribution in [2.24, 2.45) is 0 Å². The van der Waals surface area contributed by atoms with Gasteiger partial charge in [-0.2, -0.15) is 0 Å². The summed E-state index contributed by atoms with van der Waals surface area (Å²) in [5.74, 6) is -0.667. The number of nitrogens with one attached hydrogen (secondary N) is 2. The van der Waals surface area contributed by atoms with Gasteiger partial charge >= 0.3 is 5.69 Å².